The fourth-order valence-electron chi connectivity index (χ4n) is 2.65. The Bertz CT molecular complexity index is 756. The van der Waals surface area contributed by atoms with Gasteiger partial charge in [0, 0.05) is 25.3 Å². The maximum absolute atomic E-state index is 12.6. The molecule has 0 unspecified atom stereocenters. The molecule has 1 aliphatic heterocycles. The van der Waals surface area contributed by atoms with Crippen molar-refractivity contribution >= 4 is 36.6 Å². The number of nitrogens with one attached hydrogen (secondary N) is 2. The summed E-state index contributed by atoms with van der Waals surface area (Å²) in [6.45, 7) is 2.26. The van der Waals surface area contributed by atoms with Crippen LogP contribution in [0.2, 0.25) is 0 Å². The number of hydrogen-bond donors (Lipinski definition) is 5. The maximum Gasteiger partial charge on any atom is 0.472 e. The summed E-state index contributed by atoms with van der Waals surface area (Å²) in [5.74, 6) is -2.49. The van der Waals surface area contributed by atoms with Crippen LogP contribution >= 0.6 is 0 Å². The molecule has 1 aromatic rings. The molecule has 28 heavy (non-hydrogen) atoms. The SMILES string of the molecule is CCN1CCN(C(=O)N[C@@H](C(=O)NCB(O)O)c2ccc(N)cc2)C(=O)C1=O. The first-order valence-electron chi connectivity index (χ1n) is 8.65. The number of nitrogens with zero attached hydrogens (tertiary/aromatic N) is 2. The lowest BCUT2D eigenvalue weighted by Crippen LogP contribution is -2.59. The number of amides is 5. The zero-order valence-electron chi connectivity index (χ0n) is 15.3. The van der Waals surface area contributed by atoms with Crippen LogP contribution in [0.25, 0.3) is 0 Å². The first-order chi connectivity index (χ1) is 13.2. The zero-order chi connectivity index (χ0) is 20.8. The molecule has 12 heteroatoms. The number of nitrogen functional groups attached to an aromatic ring is 1. The molecule has 11 nitrogen and oxygen atoms in total. The van der Waals surface area contributed by atoms with Crippen molar-refractivity contribution in [3.63, 3.8) is 0 Å². The lowest BCUT2D eigenvalue weighted by atomic mass is 9.92. The van der Waals surface area contributed by atoms with Crippen LogP contribution in [0.1, 0.15) is 18.5 Å². The summed E-state index contributed by atoms with van der Waals surface area (Å²) in [7, 11) is -1.77. The Labute approximate surface area is 161 Å². The Balaban J connectivity index is 2.18. The van der Waals surface area contributed by atoms with E-state index in [1.807, 2.05) is 0 Å². The first-order valence-corrected chi connectivity index (χ1v) is 8.65. The minimum Gasteiger partial charge on any atom is -0.426 e. The number of imide groups is 1. The second kappa shape index (κ2) is 9.19. The van der Waals surface area contributed by atoms with E-state index in [2.05, 4.69) is 10.6 Å². The summed E-state index contributed by atoms with van der Waals surface area (Å²) in [6, 6.07) is 3.93. The van der Waals surface area contributed by atoms with Gasteiger partial charge >= 0.3 is 25.0 Å². The summed E-state index contributed by atoms with van der Waals surface area (Å²) < 4.78 is 0. The highest BCUT2D eigenvalue weighted by Crippen LogP contribution is 2.16. The Morgan fingerprint density at radius 3 is 2.39 bits per heavy atom. The molecule has 0 saturated carbocycles. The third kappa shape index (κ3) is 4.99. The van der Waals surface area contributed by atoms with Crippen LogP contribution < -0.4 is 16.4 Å². The van der Waals surface area contributed by atoms with E-state index in [0.29, 0.717) is 17.8 Å². The number of anilines is 1. The van der Waals surface area contributed by atoms with Crippen molar-refractivity contribution in [2.45, 2.75) is 13.0 Å². The molecule has 1 heterocycles. The monoisotopic (exact) mass is 391 g/mol. The highest BCUT2D eigenvalue weighted by Gasteiger charge is 2.37. The molecular weight excluding hydrogens is 369 g/mol. The number of carbonyl (C=O) groups excluding carboxylic acids is 4. The van der Waals surface area contributed by atoms with Gasteiger partial charge in [0.2, 0.25) is 5.91 Å². The van der Waals surface area contributed by atoms with Gasteiger partial charge in [0.25, 0.3) is 0 Å². The molecule has 1 atom stereocenters. The Kier molecular flexibility index (Phi) is 6.96. The van der Waals surface area contributed by atoms with E-state index in [9.17, 15) is 19.2 Å². The number of urea groups is 1. The molecule has 0 spiro atoms. The number of carbonyl (C=O) groups is 4. The number of hydrogen-bond acceptors (Lipinski definition) is 7. The number of likely N-dealkylation sites (N-methyl/N-ethyl adjacent to an activating group) is 1. The molecule has 1 aliphatic rings. The summed E-state index contributed by atoms with van der Waals surface area (Å²) in [5.41, 5.74) is 6.43. The van der Waals surface area contributed by atoms with Crippen molar-refractivity contribution in [2.75, 3.05) is 31.8 Å². The predicted octanol–water partition coefficient (Wildman–Crippen LogP) is -2.16. The van der Waals surface area contributed by atoms with Crippen LogP contribution in [0, 0.1) is 0 Å². The third-order valence-corrected chi connectivity index (χ3v) is 4.19. The quantitative estimate of drug-likeness (QED) is 0.209. The molecule has 150 valence electrons. The van der Waals surface area contributed by atoms with Gasteiger partial charge in [-0.3, -0.25) is 19.3 Å². The van der Waals surface area contributed by atoms with Crippen LogP contribution in [-0.2, 0) is 14.4 Å². The van der Waals surface area contributed by atoms with Crippen LogP contribution in [0.3, 0.4) is 0 Å². The Morgan fingerprint density at radius 1 is 1.18 bits per heavy atom. The van der Waals surface area contributed by atoms with E-state index in [4.69, 9.17) is 15.8 Å². The van der Waals surface area contributed by atoms with Gasteiger partial charge in [-0.05, 0) is 24.6 Å². The van der Waals surface area contributed by atoms with Crippen molar-refractivity contribution in [3.05, 3.63) is 29.8 Å². The van der Waals surface area contributed by atoms with E-state index in [1.54, 1.807) is 6.92 Å². The van der Waals surface area contributed by atoms with E-state index in [0.717, 1.165) is 4.90 Å². The van der Waals surface area contributed by atoms with Crippen LogP contribution in [0.5, 0.6) is 0 Å². The molecule has 0 aliphatic carbocycles. The zero-order valence-corrected chi connectivity index (χ0v) is 15.3. The van der Waals surface area contributed by atoms with Gasteiger partial charge in [0.1, 0.15) is 6.04 Å². The molecular formula is C16H22BN5O6. The van der Waals surface area contributed by atoms with Gasteiger partial charge in [-0.2, -0.15) is 0 Å². The van der Waals surface area contributed by atoms with Crippen molar-refractivity contribution in [3.8, 4) is 0 Å². The second-order valence-corrected chi connectivity index (χ2v) is 6.12. The van der Waals surface area contributed by atoms with Crippen molar-refractivity contribution in [1.29, 1.82) is 0 Å². The normalized spacial score (nSPS) is 15.2. The predicted molar refractivity (Wildman–Crippen MR) is 99.3 cm³/mol. The van der Waals surface area contributed by atoms with Crippen molar-refractivity contribution in [2.24, 2.45) is 0 Å². The Morgan fingerprint density at radius 2 is 1.82 bits per heavy atom. The van der Waals surface area contributed by atoms with Crippen LogP contribution in [0.4, 0.5) is 10.5 Å². The number of nitrogens with two attached hydrogens (primary N) is 1. The largest absolute Gasteiger partial charge is 0.472 e. The van der Waals surface area contributed by atoms with Gasteiger partial charge in [0.05, 0.1) is 6.44 Å². The average molecular weight is 391 g/mol. The van der Waals surface area contributed by atoms with Crippen molar-refractivity contribution < 1.29 is 29.2 Å². The summed E-state index contributed by atoms with van der Waals surface area (Å²) in [5, 5.41) is 22.5. The van der Waals surface area contributed by atoms with E-state index in [-0.39, 0.29) is 13.1 Å². The fourth-order valence-corrected chi connectivity index (χ4v) is 2.65. The lowest BCUT2D eigenvalue weighted by Gasteiger charge is -2.32. The van der Waals surface area contributed by atoms with E-state index < -0.39 is 43.4 Å². The molecule has 1 aromatic carbocycles. The first kappa shape index (κ1) is 21.2. The second-order valence-electron chi connectivity index (χ2n) is 6.12. The topological polar surface area (TPSA) is 165 Å². The van der Waals surface area contributed by atoms with E-state index >= 15 is 0 Å². The van der Waals surface area contributed by atoms with Gasteiger partial charge in [0.15, 0.2) is 0 Å². The Hall–Kier alpha value is -3.12. The average Bonchev–Trinajstić information content (AvgIpc) is 2.67. The molecule has 1 saturated heterocycles. The molecule has 1 fully saturated rings. The molecule has 0 aromatic heterocycles. The lowest BCUT2D eigenvalue weighted by molar-refractivity contribution is -0.153. The number of piperazine rings is 1. The molecule has 6 N–H and O–H groups in total. The summed E-state index contributed by atoms with van der Waals surface area (Å²) >= 11 is 0. The summed E-state index contributed by atoms with van der Waals surface area (Å²) in [4.78, 5) is 51.2. The van der Waals surface area contributed by atoms with Gasteiger partial charge in [-0.25, -0.2) is 4.79 Å². The molecule has 0 bridgehead atoms. The van der Waals surface area contributed by atoms with Gasteiger partial charge in [-0.1, -0.05) is 12.1 Å². The van der Waals surface area contributed by atoms with Gasteiger partial charge in [-0.15, -0.1) is 0 Å². The number of benzene rings is 1. The van der Waals surface area contributed by atoms with Crippen LogP contribution in [0.15, 0.2) is 24.3 Å². The molecule has 2 rings (SSSR count). The molecule has 5 amide bonds. The standard InChI is InChI=1S/C16H22BN5O6/c1-2-21-7-8-22(15(25)14(21)24)16(26)20-12(13(23)19-9-17(27)28)10-3-5-11(18)6-4-10/h3-6,12,27-28H,2,7-9,18H2,1H3,(H,19,23)(H,20,26)/t12-/m1/s1. The van der Waals surface area contributed by atoms with E-state index in [1.165, 1.54) is 29.2 Å². The fraction of sp³-hybridized carbons (Fsp3) is 0.375. The highest BCUT2D eigenvalue weighted by molar-refractivity contribution is 6.41. The molecule has 0 radical (unpaired) electrons. The van der Waals surface area contributed by atoms with Gasteiger partial charge < -0.3 is 31.3 Å². The minimum atomic E-state index is -1.77. The minimum absolute atomic E-state index is 0.00429. The van der Waals surface area contributed by atoms with Crippen molar-refractivity contribution in [1.82, 2.24) is 20.4 Å². The highest BCUT2D eigenvalue weighted by atomic mass is 16.4. The summed E-state index contributed by atoms with van der Waals surface area (Å²) in [6.07, 6.45) is -0.452. The maximum atomic E-state index is 12.6. The smallest absolute Gasteiger partial charge is 0.426 e. The third-order valence-electron chi connectivity index (χ3n) is 4.19. The van der Waals surface area contributed by atoms with Crippen LogP contribution in [-0.4, -0.2) is 76.8 Å². The number of rotatable bonds is 6.